The molecule has 6 heteroatoms. The van der Waals surface area contributed by atoms with Gasteiger partial charge in [-0.05, 0) is 13.8 Å². The molecule has 1 atom stereocenters. The molecule has 6 nitrogen and oxygen atoms in total. The topological polar surface area (TPSA) is 61.5 Å². The predicted molar refractivity (Wildman–Crippen MR) is 81.0 cm³/mol. The highest BCUT2D eigenvalue weighted by molar-refractivity contribution is 5.84. The third kappa shape index (κ3) is 3.44. The van der Waals surface area contributed by atoms with Crippen molar-refractivity contribution < 1.29 is 9.53 Å². The van der Waals surface area contributed by atoms with Crippen LogP contribution in [-0.2, 0) is 22.5 Å². The highest BCUT2D eigenvalue weighted by Crippen LogP contribution is 2.21. The van der Waals surface area contributed by atoms with Crippen molar-refractivity contribution in [2.45, 2.75) is 39.3 Å². The second kappa shape index (κ2) is 6.15. The summed E-state index contributed by atoms with van der Waals surface area (Å²) < 4.78 is 5.75. The maximum atomic E-state index is 12.3. The Kier molecular flexibility index (Phi) is 4.68. The Balaban J connectivity index is 2.07. The van der Waals surface area contributed by atoms with Crippen LogP contribution >= 0.6 is 0 Å². The van der Waals surface area contributed by atoms with Gasteiger partial charge in [-0.1, -0.05) is 6.92 Å². The van der Waals surface area contributed by atoms with Gasteiger partial charge in [-0.25, -0.2) is 4.98 Å². The summed E-state index contributed by atoms with van der Waals surface area (Å²) in [5.41, 5.74) is 1.41. The molecule has 1 aliphatic heterocycles. The quantitative estimate of drug-likeness (QED) is 0.898. The van der Waals surface area contributed by atoms with E-state index in [1.807, 2.05) is 13.8 Å². The molecule has 1 N–H and O–H groups in total. The normalized spacial score (nSPS) is 23.3. The SMILES string of the molecule is CCc1nc(CN2CCO[C@](C)(C(=O)N(C)C)C2)c(C)[nH]1. The fourth-order valence-electron chi connectivity index (χ4n) is 2.79. The molecule has 1 aromatic rings. The highest BCUT2D eigenvalue weighted by atomic mass is 16.5. The number of nitrogens with zero attached hydrogens (tertiary/aromatic N) is 3. The molecule has 0 spiro atoms. The van der Waals surface area contributed by atoms with E-state index in [4.69, 9.17) is 4.74 Å². The van der Waals surface area contributed by atoms with Gasteiger partial charge in [0, 0.05) is 45.8 Å². The number of morpholine rings is 1. The van der Waals surface area contributed by atoms with Crippen molar-refractivity contribution in [3.05, 3.63) is 17.2 Å². The molecule has 2 rings (SSSR count). The van der Waals surface area contributed by atoms with E-state index in [0.717, 1.165) is 36.7 Å². The first-order chi connectivity index (χ1) is 9.85. The van der Waals surface area contributed by atoms with Gasteiger partial charge in [-0.2, -0.15) is 0 Å². The fraction of sp³-hybridized carbons (Fsp3) is 0.733. The minimum absolute atomic E-state index is 0.0141. The standard InChI is InChI=1S/C15H26N4O2/c1-6-13-16-11(2)12(17-13)9-19-7-8-21-15(3,10-19)14(20)18(4)5/h6-10H2,1-5H3,(H,16,17)/t15-/m0/s1. The highest BCUT2D eigenvalue weighted by Gasteiger charge is 2.40. The third-order valence-electron chi connectivity index (χ3n) is 3.95. The van der Waals surface area contributed by atoms with E-state index >= 15 is 0 Å². The van der Waals surface area contributed by atoms with Crippen molar-refractivity contribution in [3.8, 4) is 0 Å². The van der Waals surface area contributed by atoms with E-state index in [9.17, 15) is 4.79 Å². The zero-order valence-electron chi connectivity index (χ0n) is 13.7. The fourth-order valence-corrected chi connectivity index (χ4v) is 2.79. The van der Waals surface area contributed by atoms with Crippen LogP contribution in [0.5, 0.6) is 0 Å². The lowest BCUT2D eigenvalue weighted by atomic mass is 10.0. The van der Waals surface area contributed by atoms with Gasteiger partial charge < -0.3 is 14.6 Å². The second-order valence-electron chi connectivity index (χ2n) is 6.10. The number of rotatable bonds is 4. The number of carbonyl (C=O) groups excluding carboxylic acids is 1. The molecule has 1 amide bonds. The molecule has 0 aromatic carbocycles. The number of hydrogen-bond donors (Lipinski definition) is 1. The first kappa shape index (κ1) is 16.0. The smallest absolute Gasteiger partial charge is 0.255 e. The molecule has 1 aromatic heterocycles. The van der Waals surface area contributed by atoms with Gasteiger partial charge in [0.15, 0.2) is 5.60 Å². The minimum Gasteiger partial charge on any atom is -0.363 e. The molecular weight excluding hydrogens is 268 g/mol. The number of hydrogen-bond acceptors (Lipinski definition) is 4. The van der Waals surface area contributed by atoms with Crippen molar-refractivity contribution in [1.82, 2.24) is 19.8 Å². The van der Waals surface area contributed by atoms with Crippen molar-refractivity contribution in [3.63, 3.8) is 0 Å². The number of carbonyl (C=O) groups is 1. The van der Waals surface area contributed by atoms with Crippen LogP contribution in [0.15, 0.2) is 0 Å². The molecule has 1 fully saturated rings. The van der Waals surface area contributed by atoms with Crippen LogP contribution in [0.3, 0.4) is 0 Å². The Hall–Kier alpha value is -1.40. The van der Waals surface area contributed by atoms with Crippen molar-refractivity contribution in [2.24, 2.45) is 0 Å². The number of ether oxygens (including phenoxy) is 1. The van der Waals surface area contributed by atoms with E-state index < -0.39 is 5.60 Å². The Morgan fingerprint density at radius 1 is 1.52 bits per heavy atom. The Bertz CT molecular complexity index is 512. The van der Waals surface area contributed by atoms with Gasteiger partial charge in [0.2, 0.25) is 0 Å². The molecule has 1 aliphatic rings. The summed E-state index contributed by atoms with van der Waals surface area (Å²) in [6.07, 6.45) is 0.904. The number of likely N-dealkylation sites (N-methyl/N-ethyl adjacent to an activating group) is 1. The van der Waals surface area contributed by atoms with Crippen LogP contribution in [0.4, 0.5) is 0 Å². The summed E-state index contributed by atoms with van der Waals surface area (Å²) in [4.78, 5) is 24.0. The van der Waals surface area contributed by atoms with Crippen LogP contribution in [0.25, 0.3) is 0 Å². The summed E-state index contributed by atoms with van der Waals surface area (Å²) >= 11 is 0. The van der Waals surface area contributed by atoms with Crippen molar-refractivity contribution in [2.75, 3.05) is 33.8 Å². The van der Waals surface area contributed by atoms with Gasteiger partial charge >= 0.3 is 0 Å². The summed E-state index contributed by atoms with van der Waals surface area (Å²) in [6, 6.07) is 0. The van der Waals surface area contributed by atoms with Gasteiger partial charge in [-0.3, -0.25) is 9.69 Å². The maximum absolute atomic E-state index is 12.3. The largest absolute Gasteiger partial charge is 0.363 e. The number of aryl methyl sites for hydroxylation is 2. The van der Waals surface area contributed by atoms with Crippen LogP contribution in [0.1, 0.15) is 31.1 Å². The molecule has 118 valence electrons. The average Bonchev–Trinajstić information content (AvgIpc) is 2.78. The maximum Gasteiger partial charge on any atom is 0.255 e. The molecular formula is C15H26N4O2. The van der Waals surface area contributed by atoms with Crippen molar-refractivity contribution in [1.29, 1.82) is 0 Å². The van der Waals surface area contributed by atoms with Gasteiger partial charge in [0.1, 0.15) is 5.82 Å². The minimum atomic E-state index is -0.764. The van der Waals surface area contributed by atoms with E-state index in [-0.39, 0.29) is 5.91 Å². The van der Waals surface area contributed by atoms with Gasteiger partial charge in [0.25, 0.3) is 5.91 Å². The monoisotopic (exact) mass is 294 g/mol. The zero-order valence-corrected chi connectivity index (χ0v) is 13.7. The lowest BCUT2D eigenvalue weighted by Crippen LogP contribution is -2.57. The zero-order chi connectivity index (χ0) is 15.6. The van der Waals surface area contributed by atoms with Crippen LogP contribution in [0, 0.1) is 6.92 Å². The second-order valence-corrected chi connectivity index (χ2v) is 6.10. The summed E-state index contributed by atoms with van der Waals surface area (Å²) in [5, 5.41) is 0. The summed E-state index contributed by atoms with van der Waals surface area (Å²) in [5.74, 6) is 1.03. The van der Waals surface area contributed by atoms with Crippen LogP contribution in [0.2, 0.25) is 0 Å². The molecule has 21 heavy (non-hydrogen) atoms. The number of nitrogens with one attached hydrogen (secondary N) is 1. The van der Waals surface area contributed by atoms with E-state index in [1.54, 1.807) is 19.0 Å². The first-order valence-electron chi connectivity index (χ1n) is 7.48. The lowest BCUT2D eigenvalue weighted by Gasteiger charge is -2.40. The number of aromatic nitrogens is 2. The molecule has 0 unspecified atom stereocenters. The predicted octanol–water partition coefficient (Wildman–Crippen LogP) is 0.960. The number of H-pyrrole nitrogens is 1. The van der Waals surface area contributed by atoms with E-state index in [2.05, 4.69) is 21.8 Å². The van der Waals surface area contributed by atoms with Gasteiger partial charge in [0.05, 0.1) is 12.3 Å². The lowest BCUT2D eigenvalue weighted by molar-refractivity contribution is -0.165. The number of aromatic amines is 1. The average molecular weight is 294 g/mol. The summed E-state index contributed by atoms with van der Waals surface area (Å²) in [6.45, 7) is 8.75. The van der Waals surface area contributed by atoms with Crippen LogP contribution in [-0.4, -0.2) is 65.1 Å². The molecule has 0 saturated carbocycles. The molecule has 1 saturated heterocycles. The third-order valence-corrected chi connectivity index (χ3v) is 3.95. The number of amides is 1. The van der Waals surface area contributed by atoms with Crippen molar-refractivity contribution >= 4 is 5.91 Å². The molecule has 0 aliphatic carbocycles. The summed E-state index contributed by atoms with van der Waals surface area (Å²) in [7, 11) is 3.53. The first-order valence-corrected chi connectivity index (χ1v) is 7.48. The van der Waals surface area contributed by atoms with E-state index in [1.165, 1.54) is 0 Å². The molecule has 0 bridgehead atoms. The Labute approximate surface area is 126 Å². The number of imidazole rings is 1. The molecule has 2 heterocycles. The molecule has 0 radical (unpaired) electrons. The van der Waals surface area contributed by atoms with Gasteiger partial charge in [-0.15, -0.1) is 0 Å². The Morgan fingerprint density at radius 2 is 2.24 bits per heavy atom. The van der Waals surface area contributed by atoms with E-state index in [0.29, 0.717) is 13.2 Å². The van der Waals surface area contributed by atoms with Crippen LogP contribution < -0.4 is 0 Å². The Morgan fingerprint density at radius 3 is 2.81 bits per heavy atom.